The molecule has 3 aromatic carbocycles. The van der Waals surface area contributed by atoms with Gasteiger partial charge in [0.25, 0.3) is 5.91 Å². The molecule has 4 rings (SSSR count). The summed E-state index contributed by atoms with van der Waals surface area (Å²) in [5, 5.41) is 3.87. The van der Waals surface area contributed by atoms with Gasteiger partial charge in [-0.3, -0.25) is 4.79 Å². The molecule has 0 unspecified atom stereocenters. The summed E-state index contributed by atoms with van der Waals surface area (Å²) in [7, 11) is 4.21. The van der Waals surface area contributed by atoms with E-state index in [9.17, 15) is 4.79 Å². The van der Waals surface area contributed by atoms with Crippen LogP contribution in [-0.4, -0.2) is 31.4 Å². The predicted molar refractivity (Wildman–Crippen MR) is 136 cm³/mol. The summed E-state index contributed by atoms with van der Waals surface area (Å²) in [6.07, 6.45) is 5.31. The van der Waals surface area contributed by atoms with E-state index in [4.69, 9.17) is 11.6 Å². The Morgan fingerprint density at radius 1 is 0.938 bits per heavy atom. The van der Waals surface area contributed by atoms with Crippen molar-refractivity contribution in [1.82, 2.24) is 4.90 Å². The highest BCUT2D eigenvalue weighted by Gasteiger charge is 2.18. The van der Waals surface area contributed by atoms with E-state index in [1.165, 1.54) is 22.3 Å². The van der Waals surface area contributed by atoms with Crippen molar-refractivity contribution in [2.45, 2.75) is 26.2 Å². The number of amides is 1. The van der Waals surface area contributed by atoms with Crippen LogP contribution in [0.3, 0.4) is 0 Å². The van der Waals surface area contributed by atoms with Gasteiger partial charge >= 0.3 is 0 Å². The van der Waals surface area contributed by atoms with Crippen LogP contribution in [0.4, 0.5) is 5.69 Å². The molecular formula is C28H29ClN2O. The summed E-state index contributed by atoms with van der Waals surface area (Å²) in [5.41, 5.74) is 9.06. The molecule has 1 aliphatic rings. The fraction of sp³-hybridized carbons (Fsp3) is 0.250. The van der Waals surface area contributed by atoms with E-state index in [0.717, 1.165) is 42.6 Å². The standard InChI is InChI=1S/C28H29ClN2O/c1-4-25-26-15-5-19(18-31(2)3)17-23(26)12-16-27(25)30-28(32)22-8-6-20(7-9-22)21-10-13-24(29)14-11-21/h6-14,16-17H,4-5,15,18H2,1-3H3,(H,30,32). The molecule has 32 heavy (non-hydrogen) atoms. The van der Waals surface area contributed by atoms with Gasteiger partial charge in [-0.1, -0.05) is 60.5 Å². The molecule has 0 aromatic heterocycles. The maximum Gasteiger partial charge on any atom is 0.255 e. The van der Waals surface area contributed by atoms with Crippen LogP contribution in [0.2, 0.25) is 5.02 Å². The van der Waals surface area contributed by atoms with Gasteiger partial charge in [-0.05, 0) is 91.5 Å². The third kappa shape index (κ3) is 4.95. The number of carbonyl (C=O) groups is 1. The van der Waals surface area contributed by atoms with Gasteiger partial charge in [-0.2, -0.15) is 0 Å². The second-order valence-corrected chi connectivity index (χ2v) is 9.03. The van der Waals surface area contributed by atoms with Crippen molar-refractivity contribution in [1.29, 1.82) is 0 Å². The molecule has 0 fully saturated rings. The van der Waals surface area contributed by atoms with Gasteiger partial charge in [-0.15, -0.1) is 0 Å². The van der Waals surface area contributed by atoms with E-state index >= 15 is 0 Å². The minimum atomic E-state index is -0.0815. The number of halogens is 1. The van der Waals surface area contributed by atoms with Crippen LogP contribution in [0.1, 0.15) is 40.4 Å². The van der Waals surface area contributed by atoms with E-state index < -0.39 is 0 Å². The van der Waals surface area contributed by atoms with E-state index in [-0.39, 0.29) is 5.91 Å². The van der Waals surface area contributed by atoms with Gasteiger partial charge in [0.05, 0.1) is 0 Å². The Labute approximate surface area is 195 Å². The molecule has 0 spiro atoms. The molecule has 1 N–H and O–H groups in total. The van der Waals surface area contributed by atoms with Crippen molar-refractivity contribution in [2.75, 3.05) is 26.0 Å². The lowest BCUT2D eigenvalue weighted by Crippen LogP contribution is -2.18. The summed E-state index contributed by atoms with van der Waals surface area (Å²) < 4.78 is 0. The molecule has 0 saturated heterocycles. The molecular weight excluding hydrogens is 416 g/mol. The molecule has 3 aromatic rings. The maximum atomic E-state index is 13.0. The number of nitrogens with zero attached hydrogens (tertiary/aromatic N) is 1. The SMILES string of the molecule is CCc1c(NC(=O)c2ccc(-c3ccc(Cl)cc3)cc2)ccc2c1CCC(CN(C)C)=C2. The number of hydrogen-bond donors (Lipinski definition) is 1. The van der Waals surface area contributed by atoms with E-state index in [2.05, 4.69) is 43.4 Å². The Morgan fingerprint density at radius 2 is 1.59 bits per heavy atom. The average molecular weight is 445 g/mol. The second kappa shape index (κ2) is 9.72. The van der Waals surface area contributed by atoms with Crippen LogP contribution in [0.5, 0.6) is 0 Å². The highest BCUT2D eigenvalue weighted by atomic mass is 35.5. The number of fused-ring (bicyclic) bond motifs is 1. The van der Waals surface area contributed by atoms with Gasteiger partial charge in [-0.25, -0.2) is 0 Å². The van der Waals surface area contributed by atoms with Crippen molar-refractivity contribution in [2.24, 2.45) is 0 Å². The van der Waals surface area contributed by atoms with Gasteiger partial charge in [0.15, 0.2) is 0 Å². The number of hydrogen-bond acceptors (Lipinski definition) is 2. The maximum absolute atomic E-state index is 13.0. The minimum absolute atomic E-state index is 0.0815. The Hall–Kier alpha value is -2.88. The lowest BCUT2D eigenvalue weighted by molar-refractivity contribution is 0.102. The average Bonchev–Trinajstić information content (AvgIpc) is 2.79. The summed E-state index contributed by atoms with van der Waals surface area (Å²) in [4.78, 5) is 15.2. The molecule has 4 heteroatoms. The first kappa shape index (κ1) is 22.3. The third-order valence-corrected chi connectivity index (χ3v) is 6.22. The van der Waals surface area contributed by atoms with Crippen LogP contribution in [0, 0.1) is 0 Å². The molecule has 1 amide bonds. The van der Waals surface area contributed by atoms with E-state index in [1.807, 2.05) is 54.6 Å². The quantitative estimate of drug-likeness (QED) is 0.458. The fourth-order valence-electron chi connectivity index (χ4n) is 4.42. The zero-order valence-corrected chi connectivity index (χ0v) is 19.7. The lowest BCUT2D eigenvalue weighted by Gasteiger charge is -2.23. The number of anilines is 1. The third-order valence-electron chi connectivity index (χ3n) is 5.97. The first-order chi connectivity index (χ1) is 15.4. The zero-order valence-electron chi connectivity index (χ0n) is 18.9. The second-order valence-electron chi connectivity index (χ2n) is 8.59. The Balaban J connectivity index is 1.53. The number of benzene rings is 3. The summed E-state index contributed by atoms with van der Waals surface area (Å²) in [6.45, 7) is 3.15. The molecule has 1 aliphatic carbocycles. The normalized spacial score (nSPS) is 13.0. The van der Waals surface area contributed by atoms with Gasteiger partial charge in [0.1, 0.15) is 0 Å². The van der Waals surface area contributed by atoms with Crippen LogP contribution < -0.4 is 5.32 Å². The molecule has 0 saturated carbocycles. The first-order valence-corrected chi connectivity index (χ1v) is 11.5. The topological polar surface area (TPSA) is 32.3 Å². The Morgan fingerprint density at radius 3 is 2.22 bits per heavy atom. The summed E-state index contributed by atoms with van der Waals surface area (Å²) >= 11 is 5.98. The Bertz CT molecular complexity index is 1150. The highest BCUT2D eigenvalue weighted by Crippen LogP contribution is 2.32. The lowest BCUT2D eigenvalue weighted by atomic mass is 9.87. The van der Waals surface area contributed by atoms with Crippen molar-refractivity contribution in [3.63, 3.8) is 0 Å². The van der Waals surface area contributed by atoms with Crippen molar-refractivity contribution >= 4 is 29.3 Å². The number of rotatable bonds is 6. The molecule has 3 nitrogen and oxygen atoms in total. The van der Waals surface area contributed by atoms with Gasteiger partial charge in [0, 0.05) is 22.8 Å². The zero-order chi connectivity index (χ0) is 22.7. The van der Waals surface area contributed by atoms with Crippen molar-refractivity contribution < 1.29 is 4.79 Å². The van der Waals surface area contributed by atoms with E-state index in [1.54, 1.807) is 0 Å². The smallest absolute Gasteiger partial charge is 0.255 e. The molecule has 0 heterocycles. The van der Waals surface area contributed by atoms with Crippen molar-refractivity contribution in [3.05, 3.63) is 93.5 Å². The number of nitrogens with one attached hydrogen (secondary N) is 1. The van der Waals surface area contributed by atoms with Crippen LogP contribution >= 0.6 is 11.6 Å². The predicted octanol–water partition coefficient (Wildman–Crippen LogP) is 6.71. The van der Waals surface area contributed by atoms with Gasteiger partial charge < -0.3 is 10.2 Å². The van der Waals surface area contributed by atoms with Crippen LogP contribution in [0.25, 0.3) is 17.2 Å². The minimum Gasteiger partial charge on any atom is -0.322 e. The first-order valence-electron chi connectivity index (χ1n) is 11.1. The largest absolute Gasteiger partial charge is 0.322 e. The number of carbonyl (C=O) groups excluding carboxylic acids is 1. The highest BCUT2D eigenvalue weighted by molar-refractivity contribution is 6.30. The molecule has 0 bridgehead atoms. The summed E-state index contributed by atoms with van der Waals surface area (Å²) in [6, 6.07) is 19.6. The molecule has 164 valence electrons. The molecule has 0 radical (unpaired) electrons. The van der Waals surface area contributed by atoms with E-state index in [0.29, 0.717) is 10.6 Å². The Kier molecular flexibility index (Phi) is 6.78. The number of likely N-dealkylation sites (N-methyl/N-ethyl adjacent to an activating group) is 1. The molecule has 0 atom stereocenters. The summed E-state index contributed by atoms with van der Waals surface area (Å²) in [5.74, 6) is -0.0815. The van der Waals surface area contributed by atoms with Crippen LogP contribution in [0.15, 0.2) is 66.2 Å². The van der Waals surface area contributed by atoms with Gasteiger partial charge in [0.2, 0.25) is 0 Å². The molecule has 0 aliphatic heterocycles. The van der Waals surface area contributed by atoms with Crippen LogP contribution in [-0.2, 0) is 12.8 Å². The van der Waals surface area contributed by atoms with Crippen molar-refractivity contribution in [3.8, 4) is 11.1 Å². The monoisotopic (exact) mass is 444 g/mol. The fourth-order valence-corrected chi connectivity index (χ4v) is 4.55.